The summed E-state index contributed by atoms with van der Waals surface area (Å²) in [6, 6.07) is 1.28. The second-order valence-corrected chi connectivity index (χ2v) is 4.71. The van der Waals surface area contributed by atoms with E-state index in [0.29, 0.717) is 12.1 Å². The molecular weight excluding hydrogens is 158 g/mol. The van der Waals surface area contributed by atoms with Gasteiger partial charge in [-0.3, -0.25) is 4.90 Å². The van der Waals surface area contributed by atoms with Gasteiger partial charge in [0.15, 0.2) is 0 Å². The van der Waals surface area contributed by atoms with E-state index in [9.17, 15) is 5.11 Å². The van der Waals surface area contributed by atoms with Crippen LogP contribution in [0.1, 0.15) is 12.8 Å². The fourth-order valence-electron chi connectivity index (χ4n) is 2.07. The molecule has 0 aliphatic carbocycles. The number of hydrogen-bond donors (Lipinski definition) is 1. The molecule has 0 unspecified atom stereocenters. The van der Waals surface area contributed by atoms with Crippen molar-refractivity contribution in [3.05, 3.63) is 0 Å². The average Bonchev–Trinajstić information content (AvgIpc) is 1.92. The molecule has 0 aromatic rings. The van der Waals surface area contributed by atoms with Gasteiger partial charge in [0.2, 0.25) is 0 Å². The van der Waals surface area contributed by atoms with Gasteiger partial charge >= 0.3 is 0 Å². The highest BCUT2D eigenvalue weighted by atomic mass is 32.2. The fraction of sp³-hybridized carbons (Fsp3) is 1.00. The number of nitrogens with zero attached hydrogens (tertiary/aromatic N) is 1. The lowest BCUT2D eigenvalue weighted by molar-refractivity contribution is 0.0286. The van der Waals surface area contributed by atoms with Gasteiger partial charge in [0.25, 0.3) is 0 Å². The van der Waals surface area contributed by atoms with Crippen molar-refractivity contribution in [1.82, 2.24) is 4.90 Å². The molecule has 0 spiro atoms. The van der Waals surface area contributed by atoms with Crippen molar-refractivity contribution in [1.29, 1.82) is 0 Å². The highest BCUT2D eigenvalue weighted by Crippen LogP contribution is 2.31. The first-order chi connectivity index (χ1) is 5.27. The number of aliphatic hydroxyl groups is 1. The monoisotopic (exact) mass is 173 g/mol. The SMILES string of the molecule is CN1[C@H]2CSC[C@H]1CC(O)C2. The molecule has 3 heteroatoms. The number of hydrogen-bond acceptors (Lipinski definition) is 3. The van der Waals surface area contributed by atoms with Gasteiger partial charge in [-0.1, -0.05) is 0 Å². The Morgan fingerprint density at radius 2 is 1.82 bits per heavy atom. The summed E-state index contributed by atoms with van der Waals surface area (Å²) < 4.78 is 0. The first-order valence-electron chi connectivity index (χ1n) is 4.25. The van der Waals surface area contributed by atoms with Crippen molar-refractivity contribution in [3.8, 4) is 0 Å². The molecule has 2 heterocycles. The first-order valence-corrected chi connectivity index (χ1v) is 5.40. The smallest absolute Gasteiger partial charge is 0.0570 e. The molecule has 2 bridgehead atoms. The third-order valence-electron chi connectivity index (χ3n) is 2.86. The number of aliphatic hydroxyl groups excluding tert-OH is 1. The van der Waals surface area contributed by atoms with Crippen molar-refractivity contribution < 1.29 is 5.11 Å². The predicted octanol–water partition coefficient (Wildman–Crippen LogP) is 0.557. The van der Waals surface area contributed by atoms with E-state index in [1.165, 1.54) is 11.5 Å². The quantitative estimate of drug-likeness (QED) is 0.579. The lowest BCUT2D eigenvalue weighted by Crippen LogP contribution is -2.53. The maximum atomic E-state index is 9.50. The Kier molecular flexibility index (Phi) is 2.12. The molecule has 1 N–H and O–H groups in total. The Morgan fingerprint density at radius 1 is 1.27 bits per heavy atom. The van der Waals surface area contributed by atoms with Gasteiger partial charge in [-0.25, -0.2) is 0 Å². The maximum absolute atomic E-state index is 9.50. The van der Waals surface area contributed by atoms with Crippen LogP contribution in [0.3, 0.4) is 0 Å². The number of thioether (sulfide) groups is 1. The Morgan fingerprint density at radius 3 is 2.36 bits per heavy atom. The molecule has 0 saturated carbocycles. The van der Waals surface area contributed by atoms with E-state index in [-0.39, 0.29) is 6.10 Å². The molecule has 0 aromatic heterocycles. The van der Waals surface area contributed by atoms with Crippen molar-refractivity contribution in [2.45, 2.75) is 31.0 Å². The van der Waals surface area contributed by atoms with E-state index < -0.39 is 0 Å². The minimum Gasteiger partial charge on any atom is -0.393 e. The van der Waals surface area contributed by atoms with Crippen LogP contribution in [0, 0.1) is 0 Å². The maximum Gasteiger partial charge on any atom is 0.0570 e. The van der Waals surface area contributed by atoms with Crippen LogP contribution in [-0.2, 0) is 0 Å². The van der Waals surface area contributed by atoms with Gasteiger partial charge in [0, 0.05) is 23.6 Å². The molecule has 2 fully saturated rings. The van der Waals surface area contributed by atoms with E-state index in [1.807, 2.05) is 11.8 Å². The van der Waals surface area contributed by atoms with E-state index >= 15 is 0 Å². The molecule has 0 radical (unpaired) electrons. The van der Waals surface area contributed by atoms with Crippen LogP contribution in [0.25, 0.3) is 0 Å². The largest absolute Gasteiger partial charge is 0.393 e. The highest BCUT2D eigenvalue weighted by molar-refractivity contribution is 7.99. The average molecular weight is 173 g/mol. The molecular formula is C8H15NOS. The van der Waals surface area contributed by atoms with Crippen molar-refractivity contribution in [3.63, 3.8) is 0 Å². The van der Waals surface area contributed by atoms with Crippen LogP contribution in [0.5, 0.6) is 0 Å². The zero-order valence-corrected chi connectivity index (χ0v) is 7.68. The van der Waals surface area contributed by atoms with E-state index in [4.69, 9.17) is 0 Å². The molecule has 11 heavy (non-hydrogen) atoms. The summed E-state index contributed by atoms with van der Waals surface area (Å²) >= 11 is 2.04. The first kappa shape index (κ1) is 7.90. The Bertz CT molecular complexity index is 139. The number of rotatable bonds is 0. The van der Waals surface area contributed by atoms with E-state index in [2.05, 4.69) is 11.9 Å². The highest BCUT2D eigenvalue weighted by Gasteiger charge is 2.35. The molecule has 0 amide bonds. The summed E-state index contributed by atoms with van der Waals surface area (Å²) in [6.45, 7) is 0. The van der Waals surface area contributed by atoms with Crippen LogP contribution in [0.15, 0.2) is 0 Å². The molecule has 2 saturated heterocycles. The van der Waals surface area contributed by atoms with Gasteiger partial charge in [0.1, 0.15) is 0 Å². The van der Waals surface area contributed by atoms with E-state index in [0.717, 1.165) is 12.8 Å². The Balaban J connectivity index is 2.07. The van der Waals surface area contributed by atoms with Crippen molar-refractivity contribution in [2.24, 2.45) is 0 Å². The summed E-state index contributed by atoms with van der Waals surface area (Å²) in [5.41, 5.74) is 0. The van der Waals surface area contributed by atoms with Gasteiger partial charge in [-0.05, 0) is 19.9 Å². The van der Waals surface area contributed by atoms with Crippen LogP contribution in [-0.4, -0.2) is 46.7 Å². The lowest BCUT2D eigenvalue weighted by atomic mass is 9.95. The fourth-order valence-corrected chi connectivity index (χ4v) is 3.49. The number of piperidine rings is 1. The van der Waals surface area contributed by atoms with Crippen LogP contribution >= 0.6 is 11.8 Å². The minimum atomic E-state index is -0.0258. The third kappa shape index (κ3) is 1.42. The van der Waals surface area contributed by atoms with Crippen LogP contribution < -0.4 is 0 Å². The van der Waals surface area contributed by atoms with Crippen LogP contribution in [0.2, 0.25) is 0 Å². The standard InChI is InChI=1S/C8H15NOS/c1-9-6-2-8(10)3-7(9)5-11-4-6/h6-8,10H,2-5H2,1H3/t6-,7-/m1/s1. The minimum absolute atomic E-state index is 0.0258. The molecule has 2 aliphatic heterocycles. The Labute approximate surface area is 72.0 Å². The van der Waals surface area contributed by atoms with Crippen molar-refractivity contribution in [2.75, 3.05) is 18.6 Å². The Hall–Kier alpha value is 0.270. The summed E-state index contributed by atoms with van der Waals surface area (Å²) in [5, 5.41) is 9.50. The van der Waals surface area contributed by atoms with Gasteiger partial charge < -0.3 is 5.11 Å². The summed E-state index contributed by atoms with van der Waals surface area (Å²) in [5.74, 6) is 2.42. The van der Waals surface area contributed by atoms with Crippen LogP contribution in [0.4, 0.5) is 0 Å². The molecule has 2 aliphatic rings. The molecule has 0 aromatic carbocycles. The second kappa shape index (κ2) is 2.96. The van der Waals surface area contributed by atoms with Gasteiger partial charge in [-0.2, -0.15) is 11.8 Å². The predicted molar refractivity (Wildman–Crippen MR) is 47.9 cm³/mol. The molecule has 2 rings (SSSR count). The summed E-state index contributed by atoms with van der Waals surface area (Å²) in [6.07, 6.45) is 1.95. The zero-order valence-electron chi connectivity index (χ0n) is 6.86. The normalized spacial score (nSPS) is 45.8. The molecule has 2 nitrogen and oxygen atoms in total. The topological polar surface area (TPSA) is 23.5 Å². The third-order valence-corrected chi connectivity index (χ3v) is 4.10. The zero-order chi connectivity index (χ0) is 7.84. The molecule has 2 atom stereocenters. The van der Waals surface area contributed by atoms with Gasteiger partial charge in [-0.15, -0.1) is 0 Å². The molecule has 64 valence electrons. The van der Waals surface area contributed by atoms with Gasteiger partial charge in [0.05, 0.1) is 6.10 Å². The number of fused-ring (bicyclic) bond motifs is 2. The second-order valence-electron chi connectivity index (χ2n) is 3.64. The van der Waals surface area contributed by atoms with E-state index in [1.54, 1.807) is 0 Å². The summed E-state index contributed by atoms with van der Waals surface area (Å²) in [4.78, 5) is 2.45. The van der Waals surface area contributed by atoms with Crippen molar-refractivity contribution >= 4 is 11.8 Å². The lowest BCUT2D eigenvalue weighted by Gasteiger charge is -2.45. The summed E-state index contributed by atoms with van der Waals surface area (Å²) in [7, 11) is 2.20.